The van der Waals surface area contributed by atoms with Crippen LogP contribution in [0.15, 0.2) is 24.3 Å². The number of aryl methyl sites for hydroxylation is 1. The lowest BCUT2D eigenvalue weighted by Crippen LogP contribution is -2.50. The maximum atomic E-state index is 12.5. The Balaban J connectivity index is 1.45. The van der Waals surface area contributed by atoms with Crippen LogP contribution in [-0.4, -0.2) is 41.9 Å². The minimum Gasteiger partial charge on any atom is -0.353 e. The molecule has 1 saturated heterocycles. The average molecular weight is 343 g/mol. The Kier molecular flexibility index (Phi) is 5.74. The summed E-state index contributed by atoms with van der Waals surface area (Å²) in [5.41, 5.74) is 2.11. The fourth-order valence-corrected chi connectivity index (χ4v) is 3.33. The molecule has 5 nitrogen and oxygen atoms in total. The highest BCUT2D eigenvalue weighted by Crippen LogP contribution is 2.29. The van der Waals surface area contributed by atoms with Gasteiger partial charge in [0.1, 0.15) is 0 Å². The zero-order valence-electron chi connectivity index (χ0n) is 15.3. The Morgan fingerprint density at radius 3 is 2.32 bits per heavy atom. The van der Waals surface area contributed by atoms with Crippen LogP contribution in [0.4, 0.5) is 5.69 Å². The number of rotatable bonds is 6. The summed E-state index contributed by atoms with van der Waals surface area (Å²) in [7, 11) is 0. The third-order valence-electron chi connectivity index (χ3n) is 5.38. The molecule has 1 saturated carbocycles. The first kappa shape index (κ1) is 17.9. The van der Waals surface area contributed by atoms with Crippen LogP contribution in [0, 0.1) is 5.92 Å². The second-order valence-corrected chi connectivity index (χ2v) is 7.31. The van der Waals surface area contributed by atoms with E-state index in [1.807, 2.05) is 31.2 Å². The molecule has 2 N–H and O–H groups in total. The van der Waals surface area contributed by atoms with Gasteiger partial charge in [-0.3, -0.25) is 14.5 Å². The van der Waals surface area contributed by atoms with Gasteiger partial charge in [-0.15, -0.1) is 0 Å². The molecule has 0 radical (unpaired) electrons. The Hall–Kier alpha value is -1.88. The molecule has 1 aromatic rings. The standard InChI is InChI=1S/C20H29N3O2/c1-3-15-4-8-17(9-5-15)21-19(24)14(2)23-12-10-18(11-13-23)22-20(25)16-6-7-16/h4-5,8-9,14,16,18H,3,6-7,10-13H2,1-2H3,(H,21,24)(H,22,25). The van der Waals surface area contributed by atoms with Gasteiger partial charge in [0.2, 0.25) is 11.8 Å². The number of carbonyl (C=O) groups is 2. The first-order valence-electron chi connectivity index (χ1n) is 9.51. The van der Waals surface area contributed by atoms with Gasteiger partial charge in [-0.1, -0.05) is 19.1 Å². The summed E-state index contributed by atoms with van der Waals surface area (Å²) in [6, 6.07) is 8.13. The quantitative estimate of drug-likeness (QED) is 0.834. The Bertz CT molecular complexity index is 602. The summed E-state index contributed by atoms with van der Waals surface area (Å²) in [5.74, 6) is 0.520. The second-order valence-electron chi connectivity index (χ2n) is 7.31. The van der Waals surface area contributed by atoms with Crippen molar-refractivity contribution >= 4 is 17.5 Å². The van der Waals surface area contributed by atoms with Crippen molar-refractivity contribution in [1.82, 2.24) is 10.2 Å². The maximum Gasteiger partial charge on any atom is 0.241 e. The van der Waals surface area contributed by atoms with E-state index >= 15 is 0 Å². The molecule has 1 aliphatic heterocycles. The van der Waals surface area contributed by atoms with E-state index < -0.39 is 0 Å². The van der Waals surface area contributed by atoms with E-state index in [9.17, 15) is 9.59 Å². The van der Waals surface area contributed by atoms with Gasteiger partial charge in [0.05, 0.1) is 6.04 Å². The van der Waals surface area contributed by atoms with Gasteiger partial charge in [0.25, 0.3) is 0 Å². The Morgan fingerprint density at radius 1 is 1.12 bits per heavy atom. The molecule has 1 unspecified atom stereocenters. The topological polar surface area (TPSA) is 61.4 Å². The molecule has 5 heteroatoms. The van der Waals surface area contributed by atoms with E-state index in [-0.39, 0.29) is 29.8 Å². The van der Waals surface area contributed by atoms with Crippen LogP contribution >= 0.6 is 0 Å². The number of carbonyl (C=O) groups excluding carboxylic acids is 2. The summed E-state index contributed by atoms with van der Waals surface area (Å²) in [4.78, 5) is 26.6. The molecule has 1 aromatic carbocycles. The Morgan fingerprint density at radius 2 is 1.76 bits per heavy atom. The summed E-state index contributed by atoms with van der Waals surface area (Å²) in [6.45, 7) is 5.77. The smallest absolute Gasteiger partial charge is 0.241 e. The van der Waals surface area contributed by atoms with Crippen molar-refractivity contribution in [3.05, 3.63) is 29.8 Å². The largest absolute Gasteiger partial charge is 0.353 e. The lowest BCUT2D eigenvalue weighted by molar-refractivity contribution is -0.124. The van der Waals surface area contributed by atoms with Crippen molar-refractivity contribution in [1.29, 1.82) is 0 Å². The fraction of sp³-hybridized carbons (Fsp3) is 0.600. The third kappa shape index (κ3) is 4.82. The van der Waals surface area contributed by atoms with Crippen molar-refractivity contribution in [2.45, 2.75) is 58.0 Å². The highest BCUT2D eigenvalue weighted by Gasteiger charge is 2.32. The monoisotopic (exact) mass is 343 g/mol. The SMILES string of the molecule is CCc1ccc(NC(=O)C(C)N2CCC(NC(=O)C3CC3)CC2)cc1. The van der Waals surface area contributed by atoms with Gasteiger partial charge in [-0.25, -0.2) is 0 Å². The van der Waals surface area contributed by atoms with Crippen LogP contribution in [0.2, 0.25) is 0 Å². The number of benzene rings is 1. The van der Waals surface area contributed by atoms with Crippen molar-refractivity contribution in [2.24, 2.45) is 5.92 Å². The molecule has 3 rings (SSSR count). The maximum absolute atomic E-state index is 12.5. The van der Waals surface area contributed by atoms with Gasteiger partial charge < -0.3 is 10.6 Å². The first-order chi connectivity index (χ1) is 12.1. The van der Waals surface area contributed by atoms with Crippen molar-refractivity contribution in [3.8, 4) is 0 Å². The van der Waals surface area contributed by atoms with Crippen LogP contribution in [0.25, 0.3) is 0 Å². The molecule has 0 bridgehead atoms. The molecule has 1 heterocycles. The molecule has 2 amide bonds. The molecule has 0 spiro atoms. The molecule has 2 aliphatic rings. The number of hydrogen-bond acceptors (Lipinski definition) is 3. The molecule has 136 valence electrons. The number of likely N-dealkylation sites (tertiary alicyclic amines) is 1. The normalized spacial score (nSPS) is 20.1. The number of nitrogens with zero attached hydrogens (tertiary/aromatic N) is 1. The lowest BCUT2D eigenvalue weighted by Gasteiger charge is -2.35. The summed E-state index contributed by atoms with van der Waals surface area (Å²) in [6.07, 6.45) is 4.92. The lowest BCUT2D eigenvalue weighted by atomic mass is 10.0. The number of nitrogens with one attached hydrogen (secondary N) is 2. The number of hydrogen-bond donors (Lipinski definition) is 2. The molecule has 0 aromatic heterocycles. The predicted molar refractivity (Wildman–Crippen MR) is 99.4 cm³/mol. The molecular formula is C20H29N3O2. The van der Waals surface area contributed by atoms with Gasteiger partial charge in [-0.05, 0) is 56.7 Å². The van der Waals surface area contributed by atoms with Gasteiger partial charge in [0, 0.05) is 30.7 Å². The summed E-state index contributed by atoms with van der Waals surface area (Å²) in [5, 5.41) is 6.16. The van der Waals surface area contributed by atoms with Crippen molar-refractivity contribution in [2.75, 3.05) is 18.4 Å². The number of piperidine rings is 1. The van der Waals surface area contributed by atoms with Crippen LogP contribution in [-0.2, 0) is 16.0 Å². The highest BCUT2D eigenvalue weighted by molar-refractivity contribution is 5.94. The fourth-order valence-electron chi connectivity index (χ4n) is 3.33. The average Bonchev–Trinajstić information content (AvgIpc) is 3.47. The number of anilines is 1. The minimum atomic E-state index is -0.161. The number of amides is 2. The highest BCUT2D eigenvalue weighted by atomic mass is 16.2. The molecule has 25 heavy (non-hydrogen) atoms. The van der Waals surface area contributed by atoms with Crippen molar-refractivity contribution < 1.29 is 9.59 Å². The van der Waals surface area contributed by atoms with Crippen LogP contribution in [0.1, 0.15) is 45.1 Å². The first-order valence-corrected chi connectivity index (χ1v) is 9.51. The van der Waals surface area contributed by atoms with E-state index in [0.29, 0.717) is 0 Å². The zero-order valence-corrected chi connectivity index (χ0v) is 15.3. The third-order valence-corrected chi connectivity index (χ3v) is 5.38. The van der Waals surface area contributed by atoms with Gasteiger partial charge in [-0.2, -0.15) is 0 Å². The van der Waals surface area contributed by atoms with E-state index in [1.54, 1.807) is 0 Å². The van der Waals surface area contributed by atoms with Crippen LogP contribution < -0.4 is 10.6 Å². The van der Waals surface area contributed by atoms with Crippen LogP contribution in [0.3, 0.4) is 0 Å². The van der Waals surface area contributed by atoms with E-state index in [0.717, 1.165) is 50.9 Å². The van der Waals surface area contributed by atoms with Crippen molar-refractivity contribution in [3.63, 3.8) is 0 Å². The Labute approximate surface area is 150 Å². The molecular weight excluding hydrogens is 314 g/mol. The minimum absolute atomic E-state index is 0.0321. The predicted octanol–water partition coefficient (Wildman–Crippen LogP) is 2.57. The van der Waals surface area contributed by atoms with Gasteiger partial charge in [0.15, 0.2) is 0 Å². The van der Waals surface area contributed by atoms with E-state index in [2.05, 4.69) is 22.5 Å². The molecule has 2 fully saturated rings. The molecule has 1 aliphatic carbocycles. The second kappa shape index (κ2) is 8.00. The van der Waals surface area contributed by atoms with Gasteiger partial charge >= 0.3 is 0 Å². The van der Waals surface area contributed by atoms with Crippen LogP contribution in [0.5, 0.6) is 0 Å². The summed E-state index contributed by atoms with van der Waals surface area (Å²) >= 11 is 0. The summed E-state index contributed by atoms with van der Waals surface area (Å²) < 4.78 is 0. The van der Waals surface area contributed by atoms with E-state index in [4.69, 9.17) is 0 Å². The van der Waals surface area contributed by atoms with E-state index in [1.165, 1.54) is 5.56 Å². The zero-order chi connectivity index (χ0) is 17.8. The molecule has 1 atom stereocenters.